The van der Waals surface area contributed by atoms with Crippen molar-refractivity contribution in [2.45, 2.75) is 19.4 Å². The summed E-state index contributed by atoms with van der Waals surface area (Å²) in [5.41, 5.74) is 3.65. The van der Waals surface area contributed by atoms with Crippen molar-refractivity contribution in [2.75, 3.05) is 50.5 Å². The summed E-state index contributed by atoms with van der Waals surface area (Å²) in [5, 5.41) is 8.31. The van der Waals surface area contributed by atoms with E-state index in [9.17, 15) is 4.39 Å². The highest BCUT2D eigenvalue weighted by Gasteiger charge is 2.27. The first kappa shape index (κ1) is 23.2. The molecule has 1 N–H and O–H groups in total. The molecule has 0 atom stereocenters. The maximum Gasteiger partial charge on any atom is 0.232 e. The van der Waals surface area contributed by atoms with Crippen molar-refractivity contribution in [1.29, 1.82) is 0 Å². The van der Waals surface area contributed by atoms with Crippen LogP contribution in [0, 0.1) is 5.82 Å². The number of benzene rings is 2. The topological polar surface area (TPSA) is 47.8 Å². The van der Waals surface area contributed by atoms with Gasteiger partial charge in [0.25, 0.3) is 0 Å². The SMILES string of the molecule is CN(C)CCN(Cc1c(-c2ccccc2)noc1N1CCCC1)C(=S)Nc1ccc(F)cc1. The second kappa shape index (κ2) is 10.8. The Morgan fingerprint density at radius 3 is 2.42 bits per heavy atom. The van der Waals surface area contributed by atoms with Crippen molar-refractivity contribution in [2.24, 2.45) is 0 Å². The van der Waals surface area contributed by atoms with Gasteiger partial charge in [-0.25, -0.2) is 4.39 Å². The molecular formula is C25H30FN5OS. The smallest absolute Gasteiger partial charge is 0.232 e. The van der Waals surface area contributed by atoms with Gasteiger partial charge in [0.2, 0.25) is 5.88 Å². The summed E-state index contributed by atoms with van der Waals surface area (Å²) < 4.78 is 19.2. The first-order valence-electron chi connectivity index (χ1n) is 11.3. The summed E-state index contributed by atoms with van der Waals surface area (Å²) in [6.07, 6.45) is 2.30. The zero-order chi connectivity index (χ0) is 23.2. The summed E-state index contributed by atoms with van der Waals surface area (Å²) in [5.74, 6) is 0.550. The molecule has 0 spiro atoms. The van der Waals surface area contributed by atoms with Crippen LogP contribution >= 0.6 is 12.2 Å². The molecule has 33 heavy (non-hydrogen) atoms. The number of likely N-dealkylation sites (N-methyl/N-ethyl adjacent to an activating group) is 1. The lowest BCUT2D eigenvalue weighted by atomic mass is 10.1. The molecule has 2 heterocycles. The van der Waals surface area contributed by atoms with Gasteiger partial charge in [0.1, 0.15) is 11.5 Å². The summed E-state index contributed by atoms with van der Waals surface area (Å²) in [6, 6.07) is 16.3. The van der Waals surface area contributed by atoms with Crippen molar-refractivity contribution in [3.63, 3.8) is 0 Å². The maximum atomic E-state index is 13.3. The van der Waals surface area contributed by atoms with E-state index in [-0.39, 0.29) is 5.82 Å². The third-order valence-electron chi connectivity index (χ3n) is 5.76. The Morgan fingerprint density at radius 2 is 1.76 bits per heavy atom. The molecule has 6 nitrogen and oxygen atoms in total. The molecule has 1 aromatic heterocycles. The highest BCUT2D eigenvalue weighted by molar-refractivity contribution is 7.80. The molecule has 1 aliphatic heterocycles. The Bertz CT molecular complexity index is 1050. The monoisotopic (exact) mass is 467 g/mol. The fourth-order valence-corrected chi connectivity index (χ4v) is 4.21. The fraction of sp³-hybridized carbons (Fsp3) is 0.360. The molecular weight excluding hydrogens is 437 g/mol. The summed E-state index contributed by atoms with van der Waals surface area (Å²) in [6.45, 7) is 4.04. The molecule has 1 fully saturated rings. The molecule has 0 amide bonds. The van der Waals surface area contributed by atoms with Gasteiger partial charge in [-0.05, 0) is 63.4 Å². The maximum absolute atomic E-state index is 13.3. The third-order valence-corrected chi connectivity index (χ3v) is 6.12. The molecule has 1 saturated heterocycles. The predicted molar refractivity (Wildman–Crippen MR) is 135 cm³/mol. The second-order valence-corrected chi connectivity index (χ2v) is 8.92. The minimum atomic E-state index is -0.275. The molecule has 3 aromatic rings. The van der Waals surface area contributed by atoms with Crippen LogP contribution in [0.25, 0.3) is 11.3 Å². The molecule has 0 unspecified atom stereocenters. The average molecular weight is 468 g/mol. The van der Waals surface area contributed by atoms with Crippen LogP contribution in [0.15, 0.2) is 59.1 Å². The lowest BCUT2D eigenvalue weighted by Gasteiger charge is -2.28. The number of nitrogens with zero attached hydrogens (tertiary/aromatic N) is 4. The number of hydrogen-bond acceptors (Lipinski definition) is 5. The first-order valence-corrected chi connectivity index (χ1v) is 11.7. The first-order chi connectivity index (χ1) is 16.0. The number of hydrogen-bond donors (Lipinski definition) is 1. The van der Waals surface area contributed by atoms with Gasteiger partial charge in [-0.3, -0.25) is 0 Å². The van der Waals surface area contributed by atoms with Crippen molar-refractivity contribution in [3.8, 4) is 11.3 Å². The van der Waals surface area contributed by atoms with Gasteiger partial charge in [0.05, 0.1) is 12.1 Å². The van der Waals surface area contributed by atoms with E-state index in [4.69, 9.17) is 16.7 Å². The highest BCUT2D eigenvalue weighted by Crippen LogP contribution is 2.34. The van der Waals surface area contributed by atoms with E-state index in [1.54, 1.807) is 12.1 Å². The van der Waals surface area contributed by atoms with Crippen LogP contribution in [0.3, 0.4) is 0 Å². The molecule has 2 aromatic carbocycles. The second-order valence-electron chi connectivity index (χ2n) is 8.54. The van der Waals surface area contributed by atoms with Crippen LogP contribution in [0.1, 0.15) is 18.4 Å². The number of aromatic nitrogens is 1. The van der Waals surface area contributed by atoms with Gasteiger partial charge in [0, 0.05) is 37.4 Å². The predicted octanol–water partition coefficient (Wildman–Crippen LogP) is 4.84. The van der Waals surface area contributed by atoms with Crippen molar-refractivity contribution < 1.29 is 8.91 Å². The van der Waals surface area contributed by atoms with Gasteiger partial charge < -0.3 is 24.5 Å². The number of anilines is 2. The fourth-order valence-electron chi connectivity index (χ4n) is 3.93. The number of halogens is 1. The molecule has 0 bridgehead atoms. The Hall–Kier alpha value is -2.97. The molecule has 0 radical (unpaired) electrons. The zero-order valence-electron chi connectivity index (χ0n) is 19.1. The van der Waals surface area contributed by atoms with E-state index in [0.717, 1.165) is 67.4 Å². The average Bonchev–Trinajstić information content (AvgIpc) is 3.48. The van der Waals surface area contributed by atoms with Gasteiger partial charge >= 0.3 is 0 Å². The Balaban J connectivity index is 1.64. The number of thiocarbonyl (C=S) groups is 1. The standard InChI is InChI=1S/C25H30FN5OS/c1-29(2)16-17-31(25(33)27-21-12-10-20(26)11-13-21)18-22-23(19-8-4-3-5-9-19)28-32-24(22)30-14-6-7-15-30/h3-5,8-13H,6-7,14-18H2,1-2H3,(H,27,33). The van der Waals surface area contributed by atoms with Gasteiger partial charge in [-0.15, -0.1) is 0 Å². The lowest BCUT2D eigenvalue weighted by molar-refractivity contribution is 0.327. The van der Waals surface area contributed by atoms with Crippen LogP contribution in [-0.2, 0) is 6.54 Å². The van der Waals surface area contributed by atoms with E-state index in [1.165, 1.54) is 12.1 Å². The Morgan fingerprint density at radius 1 is 1.06 bits per heavy atom. The minimum absolute atomic E-state index is 0.275. The Kier molecular flexibility index (Phi) is 7.57. The molecule has 0 saturated carbocycles. The zero-order valence-corrected chi connectivity index (χ0v) is 19.9. The van der Waals surface area contributed by atoms with E-state index in [1.807, 2.05) is 44.4 Å². The molecule has 0 aliphatic carbocycles. The van der Waals surface area contributed by atoms with Crippen molar-refractivity contribution in [1.82, 2.24) is 15.0 Å². The van der Waals surface area contributed by atoms with Crippen LogP contribution in [0.4, 0.5) is 16.0 Å². The summed E-state index contributed by atoms with van der Waals surface area (Å²) >= 11 is 5.79. The van der Waals surface area contributed by atoms with E-state index in [2.05, 4.69) is 25.2 Å². The van der Waals surface area contributed by atoms with Gasteiger partial charge in [-0.1, -0.05) is 35.5 Å². The van der Waals surface area contributed by atoms with Crippen LogP contribution in [0.5, 0.6) is 0 Å². The van der Waals surface area contributed by atoms with E-state index < -0.39 is 0 Å². The van der Waals surface area contributed by atoms with Crippen LogP contribution in [-0.4, -0.2) is 60.3 Å². The minimum Gasteiger partial charge on any atom is -0.343 e. The third kappa shape index (κ3) is 5.89. The van der Waals surface area contributed by atoms with E-state index >= 15 is 0 Å². The van der Waals surface area contributed by atoms with E-state index in [0.29, 0.717) is 11.7 Å². The van der Waals surface area contributed by atoms with Crippen molar-refractivity contribution in [3.05, 3.63) is 66.0 Å². The van der Waals surface area contributed by atoms with Gasteiger partial charge in [0.15, 0.2) is 5.11 Å². The number of rotatable bonds is 8. The number of nitrogens with one attached hydrogen (secondary N) is 1. The largest absolute Gasteiger partial charge is 0.343 e. The normalized spacial score (nSPS) is 13.5. The van der Waals surface area contributed by atoms with Crippen molar-refractivity contribution >= 4 is 28.9 Å². The molecule has 1 aliphatic rings. The summed E-state index contributed by atoms with van der Waals surface area (Å²) in [4.78, 5) is 6.52. The van der Waals surface area contributed by atoms with Crippen LogP contribution < -0.4 is 10.2 Å². The highest BCUT2D eigenvalue weighted by atomic mass is 32.1. The lowest BCUT2D eigenvalue weighted by Crippen LogP contribution is -2.39. The van der Waals surface area contributed by atoms with Gasteiger partial charge in [-0.2, -0.15) is 0 Å². The summed E-state index contributed by atoms with van der Waals surface area (Å²) in [7, 11) is 4.08. The molecule has 174 valence electrons. The molecule has 8 heteroatoms. The quantitative estimate of drug-likeness (QED) is 0.476. The Labute approximate surface area is 200 Å². The molecule has 4 rings (SSSR count). The van der Waals surface area contributed by atoms with Crippen LogP contribution in [0.2, 0.25) is 0 Å².